The summed E-state index contributed by atoms with van der Waals surface area (Å²) in [5.41, 5.74) is 1.09. The van der Waals surface area contributed by atoms with Crippen LogP contribution in [0.4, 0.5) is 0 Å². The predicted octanol–water partition coefficient (Wildman–Crippen LogP) is 0.196. The molecule has 1 aromatic carbocycles. The number of carbonyl (C=O) groups excluding carboxylic acids is 2. The summed E-state index contributed by atoms with van der Waals surface area (Å²) in [5, 5.41) is 2.53. The van der Waals surface area contributed by atoms with Gasteiger partial charge in [-0.1, -0.05) is 12.1 Å². The number of benzene rings is 1. The molecule has 0 spiro atoms. The Hall–Kier alpha value is -2.04. The van der Waals surface area contributed by atoms with E-state index < -0.39 is 0 Å². The first-order chi connectivity index (χ1) is 8.69. The lowest BCUT2D eigenvalue weighted by Gasteiger charge is -2.26. The number of piperazine rings is 1. The molecule has 1 aliphatic rings. The lowest BCUT2D eigenvalue weighted by Crippen LogP contribution is -2.51. The highest BCUT2D eigenvalue weighted by molar-refractivity contribution is 5.92. The molecule has 2 rings (SSSR count). The monoisotopic (exact) mass is 248 g/mol. The third-order valence-electron chi connectivity index (χ3n) is 2.93. The molecule has 18 heavy (non-hydrogen) atoms. The molecule has 0 bridgehead atoms. The second kappa shape index (κ2) is 5.53. The third-order valence-corrected chi connectivity index (χ3v) is 2.93. The summed E-state index contributed by atoms with van der Waals surface area (Å²) < 4.78 is 5.14. The van der Waals surface area contributed by atoms with E-state index in [1.54, 1.807) is 12.0 Å². The van der Waals surface area contributed by atoms with Crippen molar-refractivity contribution in [1.29, 1.82) is 0 Å². The van der Waals surface area contributed by atoms with E-state index >= 15 is 0 Å². The summed E-state index contributed by atoms with van der Waals surface area (Å²) in [6.45, 7) is 0.819. The lowest BCUT2D eigenvalue weighted by molar-refractivity contribution is -0.140. The first-order valence-electron chi connectivity index (χ1n) is 5.86. The Morgan fingerprint density at radius 2 is 2.22 bits per heavy atom. The van der Waals surface area contributed by atoms with Crippen LogP contribution in [0.1, 0.15) is 5.56 Å². The second-order valence-corrected chi connectivity index (χ2v) is 4.19. The highest BCUT2D eigenvalue weighted by Gasteiger charge is 2.22. The van der Waals surface area contributed by atoms with Crippen LogP contribution in [0.15, 0.2) is 24.3 Å². The Kier molecular flexibility index (Phi) is 3.82. The Balaban J connectivity index is 1.93. The van der Waals surface area contributed by atoms with Gasteiger partial charge in [-0.3, -0.25) is 9.59 Å². The second-order valence-electron chi connectivity index (χ2n) is 4.19. The van der Waals surface area contributed by atoms with Crippen molar-refractivity contribution in [3.05, 3.63) is 29.8 Å². The molecule has 0 saturated carbocycles. The summed E-state index contributed by atoms with van der Waals surface area (Å²) in [6.07, 6.45) is 0.718. The van der Waals surface area contributed by atoms with Crippen molar-refractivity contribution in [3.63, 3.8) is 0 Å². The lowest BCUT2D eigenvalue weighted by atomic mass is 10.1. The van der Waals surface area contributed by atoms with Gasteiger partial charge in [0.25, 0.3) is 0 Å². The fourth-order valence-corrected chi connectivity index (χ4v) is 1.90. The zero-order valence-corrected chi connectivity index (χ0v) is 10.3. The van der Waals surface area contributed by atoms with Gasteiger partial charge in [-0.25, -0.2) is 0 Å². The number of ether oxygens (including phenoxy) is 1. The molecule has 1 aliphatic heterocycles. The molecular formula is C13H16N2O3. The molecule has 5 nitrogen and oxygen atoms in total. The van der Waals surface area contributed by atoms with E-state index in [-0.39, 0.29) is 24.9 Å². The molecule has 1 N–H and O–H groups in total. The van der Waals surface area contributed by atoms with Crippen molar-refractivity contribution in [2.75, 3.05) is 26.7 Å². The molecular weight excluding hydrogens is 232 g/mol. The predicted molar refractivity (Wildman–Crippen MR) is 66.3 cm³/mol. The van der Waals surface area contributed by atoms with Crippen LogP contribution in [0, 0.1) is 0 Å². The van der Waals surface area contributed by atoms with E-state index in [0.29, 0.717) is 6.54 Å². The van der Waals surface area contributed by atoms with Crippen molar-refractivity contribution in [2.24, 2.45) is 0 Å². The molecule has 1 aromatic rings. The number of methoxy groups -OCH3 is 1. The fourth-order valence-electron chi connectivity index (χ4n) is 1.90. The van der Waals surface area contributed by atoms with Crippen LogP contribution in [0.3, 0.4) is 0 Å². The zero-order chi connectivity index (χ0) is 13.0. The van der Waals surface area contributed by atoms with Gasteiger partial charge in [0.05, 0.1) is 20.2 Å². The molecule has 2 amide bonds. The van der Waals surface area contributed by atoms with Gasteiger partial charge >= 0.3 is 0 Å². The number of rotatable bonds is 4. The normalized spacial score (nSPS) is 15.5. The topological polar surface area (TPSA) is 58.6 Å². The van der Waals surface area contributed by atoms with E-state index in [0.717, 1.165) is 17.7 Å². The SMILES string of the molecule is COc1cccc(CCN2CC(=O)NCC2=O)c1. The van der Waals surface area contributed by atoms with Crippen molar-refractivity contribution in [2.45, 2.75) is 6.42 Å². The summed E-state index contributed by atoms with van der Waals surface area (Å²) in [4.78, 5) is 24.4. The molecule has 5 heteroatoms. The molecule has 1 fully saturated rings. The Labute approximate surface area is 106 Å². The number of nitrogens with zero attached hydrogens (tertiary/aromatic N) is 1. The van der Waals surface area contributed by atoms with Crippen molar-refractivity contribution in [3.8, 4) is 5.75 Å². The van der Waals surface area contributed by atoms with Gasteiger partial charge in [-0.2, -0.15) is 0 Å². The summed E-state index contributed by atoms with van der Waals surface area (Å²) in [6, 6.07) is 7.72. The van der Waals surface area contributed by atoms with Crippen LogP contribution in [0.2, 0.25) is 0 Å². The zero-order valence-electron chi connectivity index (χ0n) is 10.3. The maximum absolute atomic E-state index is 11.6. The van der Waals surface area contributed by atoms with Crippen molar-refractivity contribution >= 4 is 11.8 Å². The van der Waals surface area contributed by atoms with Crippen LogP contribution in [0.5, 0.6) is 5.75 Å². The van der Waals surface area contributed by atoms with Crippen molar-refractivity contribution in [1.82, 2.24) is 10.2 Å². The molecule has 0 radical (unpaired) electrons. The number of nitrogens with one attached hydrogen (secondary N) is 1. The van der Waals surface area contributed by atoms with E-state index in [1.165, 1.54) is 0 Å². The van der Waals surface area contributed by atoms with Gasteiger partial charge in [0, 0.05) is 6.54 Å². The van der Waals surface area contributed by atoms with Crippen LogP contribution < -0.4 is 10.1 Å². The molecule has 0 atom stereocenters. The largest absolute Gasteiger partial charge is 0.497 e. The minimum atomic E-state index is -0.0970. The van der Waals surface area contributed by atoms with E-state index in [4.69, 9.17) is 4.74 Å². The highest BCUT2D eigenvalue weighted by atomic mass is 16.5. The van der Waals surface area contributed by atoms with Crippen LogP contribution in [-0.2, 0) is 16.0 Å². The van der Waals surface area contributed by atoms with E-state index in [2.05, 4.69) is 5.32 Å². The Morgan fingerprint density at radius 3 is 3.00 bits per heavy atom. The Morgan fingerprint density at radius 1 is 1.39 bits per heavy atom. The molecule has 1 heterocycles. The number of carbonyl (C=O) groups is 2. The summed E-state index contributed by atoms with van der Waals surface area (Å²) in [5.74, 6) is 0.674. The smallest absolute Gasteiger partial charge is 0.242 e. The van der Waals surface area contributed by atoms with Gasteiger partial charge in [-0.15, -0.1) is 0 Å². The number of amides is 2. The fraction of sp³-hybridized carbons (Fsp3) is 0.385. The molecule has 0 unspecified atom stereocenters. The molecule has 0 aliphatic carbocycles. The van der Waals surface area contributed by atoms with E-state index in [1.807, 2.05) is 24.3 Å². The van der Waals surface area contributed by atoms with Crippen LogP contribution in [-0.4, -0.2) is 43.5 Å². The summed E-state index contributed by atoms with van der Waals surface area (Å²) in [7, 11) is 1.62. The number of hydrogen-bond donors (Lipinski definition) is 1. The third kappa shape index (κ3) is 3.00. The highest BCUT2D eigenvalue weighted by Crippen LogP contribution is 2.13. The maximum Gasteiger partial charge on any atom is 0.242 e. The standard InChI is InChI=1S/C13H16N2O3/c1-18-11-4-2-3-10(7-11)5-6-15-9-12(16)14-8-13(15)17/h2-4,7H,5-6,8-9H2,1H3,(H,14,16). The quantitative estimate of drug-likeness (QED) is 0.828. The van der Waals surface area contributed by atoms with Gasteiger partial charge in [0.1, 0.15) is 5.75 Å². The average Bonchev–Trinajstić information content (AvgIpc) is 2.40. The number of hydrogen-bond acceptors (Lipinski definition) is 3. The molecule has 0 aromatic heterocycles. The minimum Gasteiger partial charge on any atom is -0.497 e. The average molecular weight is 248 g/mol. The van der Waals surface area contributed by atoms with Crippen LogP contribution >= 0.6 is 0 Å². The first-order valence-corrected chi connectivity index (χ1v) is 5.86. The molecule has 1 saturated heterocycles. The maximum atomic E-state index is 11.6. The Bertz CT molecular complexity index is 459. The summed E-state index contributed by atoms with van der Waals surface area (Å²) >= 11 is 0. The minimum absolute atomic E-state index is 0.0301. The van der Waals surface area contributed by atoms with Gasteiger partial charge in [-0.05, 0) is 24.1 Å². The molecule has 96 valence electrons. The van der Waals surface area contributed by atoms with Gasteiger partial charge in [0.15, 0.2) is 0 Å². The van der Waals surface area contributed by atoms with Gasteiger partial charge < -0.3 is 15.0 Å². The van der Waals surface area contributed by atoms with E-state index in [9.17, 15) is 9.59 Å². The van der Waals surface area contributed by atoms with Crippen molar-refractivity contribution < 1.29 is 14.3 Å². The first kappa shape index (κ1) is 12.4. The van der Waals surface area contributed by atoms with Gasteiger partial charge in [0.2, 0.25) is 11.8 Å². The van der Waals surface area contributed by atoms with Crippen LogP contribution in [0.25, 0.3) is 0 Å².